The maximum atomic E-state index is 12.5. The fourth-order valence-corrected chi connectivity index (χ4v) is 2.07. The minimum atomic E-state index is -4.30. The molecule has 0 bridgehead atoms. The fourth-order valence-electron chi connectivity index (χ4n) is 2.07. The topological polar surface area (TPSA) is 9.23 Å². The third-order valence-electron chi connectivity index (χ3n) is 3.21. The van der Waals surface area contributed by atoms with Crippen molar-refractivity contribution >= 4 is 0 Å². The normalized spacial score (nSPS) is 11.4. The Morgan fingerprint density at radius 1 is 0.950 bits per heavy atom. The number of ether oxygens (including phenoxy) is 1. The molecule has 1 nitrogen and oxygen atoms in total. The van der Waals surface area contributed by atoms with Crippen LogP contribution in [0.2, 0.25) is 0 Å². The second kappa shape index (κ2) is 5.57. The van der Waals surface area contributed by atoms with Crippen LogP contribution < -0.4 is 4.74 Å². The number of halogens is 3. The maximum absolute atomic E-state index is 12.5. The van der Waals surface area contributed by atoms with Crippen molar-refractivity contribution in [2.75, 3.05) is 7.11 Å². The molecule has 0 aliphatic heterocycles. The largest absolute Gasteiger partial charge is 0.496 e. The lowest BCUT2D eigenvalue weighted by molar-refractivity contribution is -0.137. The first kappa shape index (κ1) is 14.4. The van der Waals surface area contributed by atoms with Crippen LogP contribution in [0.1, 0.15) is 18.1 Å². The van der Waals surface area contributed by atoms with E-state index in [0.717, 1.165) is 41.0 Å². The zero-order valence-corrected chi connectivity index (χ0v) is 11.3. The van der Waals surface area contributed by atoms with Crippen LogP contribution in [0, 0.1) is 0 Å². The molecule has 0 radical (unpaired) electrons. The predicted molar refractivity (Wildman–Crippen MR) is 72.8 cm³/mol. The average Bonchev–Trinajstić information content (AvgIpc) is 2.45. The van der Waals surface area contributed by atoms with Gasteiger partial charge in [-0.3, -0.25) is 0 Å². The summed E-state index contributed by atoms with van der Waals surface area (Å²) in [7, 11) is 1.59. The lowest BCUT2D eigenvalue weighted by atomic mass is 10.0. The fraction of sp³-hybridized carbons (Fsp3) is 0.250. The maximum Gasteiger partial charge on any atom is 0.416 e. The summed E-state index contributed by atoms with van der Waals surface area (Å²) in [5.74, 6) is 0.755. The second-order valence-electron chi connectivity index (χ2n) is 4.46. The van der Waals surface area contributed by atoms with E-state index in [4.69, 9.17) is 4.74 Å². The number of alkyl halides is 3. The van der Waals surface area contributed by atoms with Crippen molar-refractivity contribution < 1.29 is 17.9 Å². The molecule has 2 rings (SSSR count). The minimum Gasteiger partial charge on any atom is -0.496 e. The van der Waals surface area contributed by atoms with E-state index in [1.165, 1.54) is 12.1 Å². The van der Waals surface area contributed by atoms with Crippen LogP contribution in [0.5, 0.6) is 5.75 Å². The predicted octanol–water partition coefficient (Wildman–Crippen LogP) is 4.94. The van der Waals surface area contributed by atoms with Crippen molar-refractivity contribution in [1.29, 1.82) is 0 Å². The highest BCUT2D eigenvalue weighted by molar-refractivity contribution is 5.66. The van der Waals surface area contributed by atoms with Gasteiger partial charge in [-0.1, -0.05) is 31.2 Å². The molecule has 0 saturated carbocycles. The molecule has 0 atom stereocenters. The van der Waals surface area contributed by atoms with Crippen LogP contribution in [0.25, 0.3) is 11.1 Å². The summed E-state index contributed by atoms with van der Waals surface area (Å²) in [6.45, 7) is 2.02. The van der Waals surface area contributed by atoms with Crippen molar-refractivity contribution in [3.8, 4) is 16.9 Å². The number of hydrogen-bond donors (Lipinski definition) is 0. The van der Waals surface area contributed by atoms with E-state index in [-0.39, 0.29) is 0 Å². The Labute approximate surface area is 116 Å². The molecule has 0 unspecified atom stereocenters. The SMILES string of the molecule is CCc1ccc(-c2ccc(C(F)(F)F)cc2)cc1OC. The van der Waals surface area contributed by atoms with Crippen molar-refractivity contribution in [1.82, 2.24) is 0 Å². The molecular weight excluding hydrogens is 265 g/mol. The summed E-state index contributed by atoms with van der Waals surface area (Å²) < 4.78 is 42.9. The van der Waals surface area contributed by atoms with Gasteiger partial charge in [0.25, 0.3) is 0 Å². The highest BCUT2D eigenvalue weighted by Gasteiger charge is 2.29. The standard InChI is InChI=1S/C16H15F3O/c1-3-11-4-5-13(10-15(11)20-2)12-6-8-14(9-7-12)16(17,18)19/h4-10H,3H2,1-2H3. The highest BCUT2D eigenvalue weighted by Crippen LogP contribution is 2.32. The Morgan fingerprint density at radius 2 is 1.55 bits per heavy atom. The Balaban J connectivity index is 2.37. The molecule has 0 aliphatic rings. The lowest BCUT2D eigenvalue weighted by Gasteiger charge is -2.11. The van der Waals surface area contributed by atoms with Crippen LogP contribution in [0.3, 0.4) is 0 Å². The molecule has 0 aliphatic carbocycles. The van der Waals surface area contributed by atoms with Gasteiger partial charge in [-0.2, -0.15) is 13.2 Å². The molecule has 4 heteroatoms. The van der Waals surface area contributed by atoms with Gasteiger partial charge in [0.05, 0.1) is 12.7 Å². The average molecular weight is 280 g/mol. The summed E-state index contributed by atoms with van der Waals surface area (Å²) in [6.07, 6.45) is -3.46. The molecule has 0 aromatic heterocycles. The van der Waals surface area contributed by atoms with Crippen LogP contribution in [0.15, 0.2) is 42.5 Å². The summed E-state index contributed by atoms with van der Waals surface area (Å²) >= 11 is 0. The first-order chi connectivity index (χ1) is 9.45. The van der Waals surface area contributed by atoms with Crippen molar-refractivity contribution in [3.63, 3.8) is 0 Å². The second-order valence-corrected chi connectivity index (χ2v) is 4.46. The van der Waals surface area contributed by atoms with Crippen molar-refractivity contribution in [3.05, 3.63) is 53.6 Å². The van der Waals surface area contributed by atoms with Gasteiger partial charge in [0.15, 0.2) is 0 Å². The zero-order chi connectivity index (χ0) is 14.8. The van der Waals surface area contributed by atoms with E-state index in [2.05, 4.69) is 0 Å². The summed E-state index contributed by atoms with van der Waals surface area (Å²) in [4.78, 5) is 0. The van der Waals surface area contributed by atoms with E-state index >= 15 is 0 Å². The number of hydrogen-bond acceptors (Lipinski definition) is 1. The lowest BCUT2D eigenvalue weighted by Crippen LogP contribution is -2.04. The molecule has 0 spiro atoms. The van der Waals surface area contributed by atoms with Crippen LogP contribution >= 0.6 is 0 Å². The Bertz CT molecular complexity index is 586. The van der Waals surface area contributed by atoms with Gasteiger partial charge in [0, 0.05) is 0 Å². The third kappa shape index (κ3) is 2.95. The summed E-state index contributed by atoms with van der Waals surface area (Å²) in [6, 6.07) is 10.8. The molecule has 2 aromatic carbocycles. The molecule has 0 saturated heterocycles. The molecule has 2 aromatic rings. The molecule has 0 N–H and O–H groups in total. The van der Waals surface area contributed by atoms with Crippen LogP contribution in [-0.4, -0.2) is 7.11 Å². The van der Waals surface area contributed by atoms with Gasteiger partial charge >= 0.3 is 6.18 Å². The van der Waals surface area contributed by atoms with Crippen LogP contribution in [-0.2, 0) is 12.6 Å². The summed E-state index contributed by atoms with van der Waals surface area (Å²) in [5.41, 5.74) is 2.01. The minimum absolute atomic E-state index is 0.640. The van der Waals surface area contributed by atoms with Gasteiger partial charge in [0.2, 0.25) is 0 Å². The highest BCUT2D eigenvalue weighted by atomic mass is 19.4. The van der Waals surface area contributed by atoms with Gasteiger partial charge in [-0.25, -0.2) is 0 Å². The monoisotopic (exact) mass is 280 g/mol. The molecule has 0 fully saturated rings. The van der Waals surface area contributed by atoms with Crippen molar-refractivity contribution in [2.45, 2.75) is 19.5 Å². The molecule has 106 valence electrons. The first-order valence-electron chi connectivity index (χ1n) is 6.30. The quantitative estimate of drug-likeness (QED) is 0.773. The van der Waals surface area contributed by atoms with Gasteiger partial charge in [-0.05, 0) is 41.3 Å². The van der Waals surface area contributed by atoms with Gasteiger partial charge < -0.3 is 4.74 Å². The van der Waals surface area contributed by atoms with E-state index in [1.807, 2.05) is 25.1 Å². The van der Waals surface area contributed by atoms with Crippen LogP contribution in [0.4, 0.5) is 13.2 Å². The number of rotatable bonds is 3. The van der Waals surface area contributed by atoms with Crippen molar-refractivity contribution in [2.24, 2.45) is 0 Å². The Kier molecular flexibility index (Phi) is 4.02. The third-order valence-corrected chi connectivity index (χ3v) is 3.21. The number of benzene rings is 2. The van der Waals surface area contributed by atoms with E-state index in [9.17, 15) is 13.2 Å². The van der Waals surface area contributed by atoms with E-state index in [0.29, 0.717) is 0 Å². The molecular formula is C16H15F3O. The smallest absolute Gasteiger partial charge is 0.416 e. The zero-order valence-electron chi connectivity index (χ0n) is 11.3. The number of aryl methyl sites for hydroxylation is 1. The Morgan fingerprint density at radius 3 is 2.05 bits per heavy atom. The molecule has 0 heterocycles. The van der Waals surface area contributed by atoms with E-state index in [1.54, 1.807) is 7.11 Å². The van der Waals surface area contributed by atoms with E-state index < -0.39 is 11.7 Å². The Hall–Kier alpha value is -1.97. The first-order valence-corrected chi connectivity index (χ1v) is 6.30. The van der Waals surface area contributed by atoms with Gasteiger partial charge in [-0.15, -0.1) is 0 Å². The number of methoxy groups -OCH3 is 1. The summed E-state index contributed by atoms with van der Waals surface area (Å²) in [5, 5.41) is 0. The van der Waals surface area contributed by atoms with Gasteiger partial charge in [0.1, 0.15) is 5.75 Å². The molecule has 20 heavy (non-hydrogen) atoms. The molecule has 0 amide bonds.